The highest BCUT2D eigenvalue weighted by atomic mass is 35.5. The molecule has 1 aromatic carbocycles. The largest absolute Gasteiger partial charge is 0.308 e. The lowest BCUT2D eigenvalue weighted by molar-refractivity contribution is 0.506. The molecule has 1 aromatic heterocycles. The first-order valence-corrected chi connectivity index (χ1v) is 6.61. The number of hydrogen-bond acceptors (Lipinski definition) is 2. The Morgan fingerprint density at radius 1 is 1.47 bits per heavy atom. The summed E-state index contributed by atoms with van der Waals surface area (Å²) in [7, 11) is 0. The lowest BCUT2D eigenvalue weighted by atomic mass is 10.1. The molecular formula is C14H17ClFN3. The number of nitrogens with zero attached hydrogens (tertiary/aromatic N) is 2. The Kier molecular flexibility index (Phi) is 4.56. The van der Waals surface area contributed by atoms with Crippen LogP contribution in [0.2, 0.25) is 5.02 Å². The smallest absolute Gasteiger partial charge is 0.124 e. The number of rotatable bonds is 5. The molecule has 1 unspecified atom stereocenters. The summed E-state index contributed by atoms with van der Waals surface area (Å²) in [6.45, 7) is 5.58. The van der Waals surface area contributed by atoms with Crippen LogP contribution in [0.4, 0.5) is 4.39 Å². The second-order valence-corrected chi connectivity index (χ2v) is 5.03. The predicted octanol–water partition coefficient (Wildman–Crippen LogP) is 3.33. The third-order valence-corrected chi connectivity index (χ3v) is 3.31. The summed E-state index contributed by atoms with van der Waals surface area (Å²) in [5.41, 5.74) is 2.05. The average molecular weight is 282 g/mol. The fourth-order valence-corrected chi connectivity index (χ4v) is 2.28. The Bertz CT molecular complexity index is 553. The van der Waals surface area contributed by atoms with Gasteiger partial charge in [0.15, 0.2) is 0 Å². The zero-order chi connectivity index (χ0) is 13.8. The van der Waals surface area contributed by atoms with E-state index in [9.17, 15) is 4.39 Å². The highest BCUT2D eigenvalue weighted by Gasteiger charge is 2.09. The maximum absolute atomic E-state index is 13.0. The molecule has 0 aliphatic carbocycles. The van der Waals surface area contributed by atoms with E-state index in [1.54, 1.807) is 6.07 Å². The van der Waals surface area contributed by atoms with Gasteiger partial charge in [0.2, 0.25) is 0 Å². The van der Waals surface area contributed by atoms with E-state index in [1.165, 1.54) is 12.1 Å². The normalized spacial score (nSPS) is 12.6. The molecule has 1 heterocycles. The Morgan fingerprint density at radius 3 is 2.89 bits per heavy atom. The summed E-state index contributed by atoms with van der Waals surface area (Å²) < 4.78 is 14.9. The molecule has 1 atom stereocenters. The molecule has 0 bridgehead atoms. The fraction of sp³-hybridized carbons (Fsp3) is 0.357. The van der Waals surface area contributed by atoms with Gasteiger partial charge in [-0.2, -0.15) is 5.10 Å². The molecule has 0 aliphatic rings. The lowest BCUT2D eigenvalue weighted by Crippen LogP contribution is -2.23. The highest BCUT2D eigenvalue weighted by Crippen LogP contribution is 2.23. The van der Waals surface area contributed by atoms with Gasteiger partial charge in [-0.1, -0.05) is 17.7 Å². The number of aryl methyl sites for hydroxylation is 1. The summed E-state index contributed by atoms with van der Waals surface area (Å²) >= 11 is 6.03. The van der Waals surface area contributed by atoms with Crippen molar-refractivity contribution in [2.24, 2.45) is 0 Å². The van der Waals surface area contributed by atoms with E-state index in [-0.39, 0.29) is 11.9 Å². The predicted molar refractivity (Wildman–Crippen MR) is 74.8 cm³/mol. The first kappa shape index (κ1) is 14.0. The zero-order valence-electron chi connectivity index (χ0n) is 11.0. The molecule has 0 aliphatic heterocycles. The van der Waals surface area contributed by atoms with Gasteiger partial charge >= 0.3 is 0 Å². The summed E-state index contributed by atoms with van der Waals surface area (Å²) in [6.07, 6.45) is 3.83. The third-order valence-electron chi connectivity index (χ3n) is 2.98. The van der Waals surface area contributed by atoms with Crippen LogP contribution in [0.3, 0.4) is 0 Å². The molecule has 5 heteroatoms. The summed E-state index contributed by atoms with van der Waals surface area (Å²) in [4.78, 5) is 0. The third kappa shape index (κ3) is 3.78. The monoisotopic (exact) mass is 281 g/mol. The van der Waals surface area contributed by atoms with Gasteiger partial charge in [0.05, 0.1) is 12.7 Å². The van der Waals surface area contributed by atoms with Gasteiger partial charge in [-0.3, -0.25) is 4.68 Å². The fourth-order valence-electron chi connectivity index (χ4n) is 1.95. The second kappa shape index (κ2) is 6.17. The van der Waals surface area contributed by atoms with Crippen molar-refractivity contribution in [1.82, 2.24) is 15.1 Å². The van der Waals surface area contributed by atoms with Gasteiger partial charge in [0.25, 0.3) is 0 Å². The first-order chi connectivity index (χ1) is 9.06. The van der Waals surface area contributed by atoms with E-state index in [2.05, 4.69) is 10.4 Å². The molecule has 102 valence electrons. The van der Waals surface area contributed by atoms with Crippen LogP contribution in [0.1, 0.15) is 24.1 Å². The standard InChI is InChI=1S/C14H17ClFN3/c1-10-8-18-19(9-10)6-5-17-11(2)13-4-3-12(16)7-14(13)15/h3-4,7-9,11,17H,5-6H2,1-2H3. The van der Waals surface area contributed by atoms with Gasteiger partial charge in [-0.25, -0.2) is 4.39 Å². The number of hydrogen-bond donors (Lipinski definition) is 1. The molecule has 2 aromatic rings. The van der Waals surface area contributed by atoms with Gasteiger partial charge < -0.3 is 5.32 Å². The van der Waals surface area contributed by atoms with Crippen LogP contribution in [0, 0.1) is 12.7 Å². The molecule has 0 saturated carbocycles. The van der Waals surface area contributed by atoms with Crippen molar-refractivity contribution in [3.63, 3.8) is 0 Å². The molecule has 1 N–H and O–H groups in total. The van der Waals surface area contributed by atoms with Crippen molar-refractivity contribution >= 4 is 11.6 Å². The number of halogens is 2. The van der Waals surface area contributed by atoms with Crippen LogP contribution in [0.25, 0.3) is 0 Å². The van der Waals surface area contributed by atoms with Crippen molar-refractivity contribution < 1.29 is 4.39 Å². The maximum atomic E-state index is 13.0. The Hall–Kier alpha value is -1.39. The van der Waals surface area contributed by atoms with Crippen LogP contribution in [-0.4, -0.2) is 16.3 Å². The Labute approximate surface area is 117 Å². The summed E-state index contributed by atoms with van der Waals surface area (Å²) in [5, 5.41) is 8.02. The minimum Gasteiger partial charge on any atom is -0.308 e. The molecule has 2 rings (SSSR count). The van der Waals surface area contributed by atoms with Crippen LogP contribution in [0.15, 0.2) is 30.6 Å². The minimum absolute atomic E-state index is 0.0739. The van der Waals surface area contributed by atoms with E-state index < -0.39 is 0 Å². The van der Waals surface area contributed by atoms with Gasteiger partial charge in [0.1, 0.15) is 5.82 Å². The first-order valence-electron chi connectivity index (χ1n) is 6.23. The Balaban J connectivity index is 1.88. The van der Waals surface area contributed by atoms with Gasteiger partial charge in [-0.15, -0.1) is 0 Å². The molecule has 0 saturated heterocycles. The van der Waals surface area contributed by atoms with E-state index in [4.69, 9.17) is 11.6 Å². The van der Waals surface area contributed by atoms with Crippen LogP contribution in [0.5, 0.6) is 0 Å². The SMILES string of the molecule is Cc1cnn(CCNC(C)c2ccc(F)cc2Cl)c1. The number of nitrogens with one attached hydrogen (secondary N) is 1. The van der Waals surface area contributed by atoms with Crippen LogP contribution < -0.4 is 5.32 Å². The minimum atomic E-state index is -0.312. The molecule has 19 heavy (non-hydrogen) atoms. The topological polar surface area (TPSA) is 29.9 Å². The second-order valence-electron chi connectivity index (χ2n) is 4.62. The van der Waals surface area contributed by atoms with Crippen molar-refractivity contribution in [3.8, 4) is 0 Å². The molecule has 0 amide bonds. The van der Waals surface area contributed by atoms with Crippen molar-refractivity contribution in [1.29, 1.82) is 0 Å². The van der Waals surface area contributed by atoms with E-state index in [1.807, 2.05) is 30.9 Å². The van der Waals surface area contributed by atoms with Crippen molar-refractivity contribution in [2.75, 3.05) is 6.54 Å². The van der Waals surface area contributed by atoms with Gasteiger partial charge in [0, 0.05) is 23.8 Å². The summed E-state index contributed by atoms with van der Waals surface area (Å²) in [5.74, 6) is -0.312. The number of aromatic nitrogens is 2. The quantitative estimate of drug-likeness (QED) is 0.911. The molecule has 0 fully saturated rings. The lowest BCUT2D eigenvalue weighted by Gasteiger charge is -2.15. The van der Waals surface area contributed by atoms with E-state index >= 15 is 0 Å². The maximum Gasteiger partial charge on any atom is 0.124 e. The van der Waals surface area contributed by atoms with Crippen LogP contribution in [-0.2, 0) is 6.54 Å². The molecule has 0 radical (unpaired) electrons. The summed E-state index contributed by atoms with van der Waals surface area (Å²) in [6, 6.07) is 4.56. The highest BCUT2D eigenvalue weighted by molar-refractivity contribution is 6.31. The van der Waals surface area contributed by atoms with E-state index in [0.29, 0.717) is 5.02 Å². The van der Waals surface area contributed by atoms with Gasteiger partial charge in [-0.05, 0) is 37.1 Å². The van der Waals surface area contributed by atoms with Crippen LogP contribution >= 0.6 is 11.6 Å². The number of benzene rings is 1. The molecule has 0 spiro atoms. The van der Waals surface area contributed by atoms with Crippen molar-refractivity contribution in [3.05, 3.63) is 52.6 Å². The molecular weight excluding hydrogens is 265 g/mol. The Morgan fingerprint density at radius 2 is 2.26 bits per heavy atom. The molecule has 3 nitrogen and oxygen atoms in total. The zero-order valence-corrected chi connectivity index (χ0v) is 11.8. The van der Waals surface area contributed by atoms with Crippen molar-refractivity contribution in [2.45, 2.75) is 26.4 Å². The van der Waals surface area contributed by atoms with E-state index in [0.717, 1.165) is 24.2 Å². The average Bonchev–Trinajstić information content (AvgIpc) is 2.75.